The van der Waals surface area contributed by atoms with E-state index in [2.05, 4.69) is 37.8 Å². The highest BCUT2D eigenvalue weighted by Crippen LogP contribution is 2.39. The number of rotatable bonds is 2. The van der Waals surface area contributed by atoms with Gasteiger partial charge in [0.15, 0.2) is 5.82 Å². The van der Waals surface area contributed by atoms with E-state index in [1.165, 1.54) is 0 Å². The van der Waals surface area contributed by atoms with Gasteiger partial charge in [-0.05, 0) is 25.2 Å². The Balaban J connectivity index is 2.18. The minimum atomic E-state index is -0.122. The van der Waals surface area contributed by atoms with Crippen LogP contribution in [0.5, 0.6) is 0 Å². The molecule has 0 aromatic carbocycles. The Morgan fingerprint density at radius 1 is 1.47 bits per heavy atom. The van der Waals surface area contributed by atoms with Gasteiger partial charge in [0.25, 0.3) is 0 Å². The molecule has 1 aliphatic carbocycles. The maximum absolute atomic E-state index is 6.15. The van der Waals surface area contributed by atoms with Crippen LogP contribution in [0.3, 0.4) is 0 Å². The van der Waals surface area contributed by atoms with E-state index in [1.54, 1.807) is 0 Å². The van der Waals surface area contributed by atoms with Gasteiger partial charge in [-0.2, -0.15) is 4.98 Å². The van der Waals surface area contributed by atoms with Gasteiger partial charge in [0.1, 0.15) is 0 Å². The summed E-state index contributed by atoms with van der Waals surface area (Å²) in [4.78, 5) is 4.54. The topological polar surface area (TPSA) is 64.9 Å². The first-order valence-corrected chi connectivity index (χ1v) is 6.40. The Bertz CT molecular complexity index is 394. The minimum Gasteiger partial charge on any atom is -0.339 e. The SMILES string of the molecule is CC(C)(C)Cc1noc(C2(C)CCCC2N)n1. The molecule has 2 N–H and O–H groups in total. The van der Waals surface area contributed by atoms with Crippen LogP contribution >= 0.6 is 0 Å². The zero-order chi connectivity index (χ0) is 12.7. The number of nitrogens with two attached hydrogens (primary N) is 1. The summed E-state index contributed by atoms with van der Waals surface area (Å²) in [5, 5.41) is 4.08. The van der Waals surface area contributed by atoms with Crippen molar-refractivity contribution in [2.75, 3.05) is 0 Å². The van der Waals surface area contributed by atoms with Crippen LogP contribution in [-0.4, -0.2) is 16.2 Å². The van der Waals surface area contributed by atoms with Gasteiger partial charge in [-0.25, -0.2) is 0 Å². The second-order valence-electron chi connectivity index (χ2n) is 6.67. The lowest BCUT2D eigenvalue weighted by Gasteiger charge is -2.23. The molecular formula is C13H23N3O. The van der Waals surface area contributed by atoms with Crippen LogP contribution in [0.1, 0.15) is 58.7 Å². The lowest BCUT2D eigenvalue weighted by molar-refractivity contribution is 0.275. The molecule has 1 aromatic heterocycles. The van der Waals surface area contributed by atoms with E-state index < -0.39 is 0 Å². The van der Waals surface area contributed by atoms with Crippen LogP contribution in [0.2, 0.25) is 0 Å². The molecule has 0 saturated heterocycles. The molecule has 4 nitrogen and oxygen atoms in total. The summed E-state index contributed by atoms with van der Waals surface area (Å²) < 4.78 is 5.43. The van der Waals surface area contributed by atoms with Crippen LogP contribution < -0.4 is 5.73 Å². The number of aromatic nitrogens is 2. The third-order valence-corrected chi connectivity index (χ3v) is 3.67. The van der Waals surface area contributed by atoms with Crippen LogP contribution in [0.15, 0.2) is 4.52 Å². The number of hydrogen-bond donors (Lipinski definition) is 1. The van der Waals surface area contributed by atoms with Crippen molar-refractivity contribution in [2.24, 2.45) is 11.1 Å². The maximum atomic E-state index is 6.15. The van der Waals surface area contributed by atoms with Gasteiger partial charge in [-0.3, -0.25) is 0 Å². The van der Waals surface area contributed by atoms with Gasteiger partial charge in [0, 0.05) is 12.5 Å². The van der Waals surface area contributed by atoms with Crippen LogP contribution in [-0.2, 0) is 11.8 Å². The minimum absolute atomic E-state index is 0.122. The molecule has 1 saturated carbocycles. The smallest absolute Gasteiger partial charge is 0.234 e. The lowest BCUT2D eigenvalue weighted by Crippen LogP contribution is -2.38. The van der Waals surface area contributed by atoms with E-state index in [-0.39, 0.29) is 16.9 Å². The van der Waals surface area contributed by atoms with E-state index in [0.717, 1.165) is 37.4 Å². The fourth-order valence-corrected chi connectivity index (χ4v) is 2.49. The molecule has 2 atom stereocenters. The Morgan fingerprint density at radius 3 is 2.71 bits per heavy atom. The summed E-state index contributed by atoms with van der Waals surface area (Å²) in [7, 11) is 0. The van der Waals surface area contributed by atoms with Crippen molar-refractivity contribution in [1.82, 2.24) is 10.1 Å². The molecular weight excluding hydrogens is 214 g/mol. The highest BCUT2D eigenvalue weighted by Gasteiger charge is 2.42. The van der Waals surface area contributed by atoms with Crippen LogP contribution in [0.25, 0.3) is 0 Å². The standard InChI is InChI=1S/C13H23N3O/c1-12(2,3)8-10-15-11(17-16-10)13(4)7-5-6-9(13)14/h9H,5-8,14H2,1-4H3. The van der Waals surface area contributed by atoms with Gasteiger partial charge < -0.3 is 10.3 Å². The molecule has 0 amide bonds. The Morgan fingerprint density at radius 2 is 2.18 bits per heavy atom. The molecule has 1 aromatic rings. The molecule has 17 heavy (non-hydrogen) atoms. The van der Waals surface area contributed by atoms with Gasteiger partial charge >= 0.3 is 0 Å². The maximum Gasteiger partial charge on any atom is 0.234 e. The van der Waals surface area contributed by atoms with E-state index in [9.17, 15) is 0 Å². The highest BCUT2D eigenvalue weighted by atomic mass is 16.5. The molecule has 0 aliphatic heterocycles. The molecule has 96 valence electrons. The Kier molecular flexibility index (Phi) is 3.02. The third-order valence-electron chi connectivity index (χ3n) is 3.67. The summed E-state index contributed by atoms with van der Waals surface area (Å²) in [5.74, 6) is 1.52. The largest absolute Gasteiger partial charge is 0.339 e. The third kappa shape index (κ3) is 2.51. The van der Waals surface area contributed by atoms with Gasteiger partial charge in [-0.1, -0.05) is 32.3 Å². The summed E-state index contributed by atoms with van der Waals surface area (Å²) in [6.07, 6.45) is 4.08. The van der Waals surface area contributed by atoms with E-state index in [1.807, 2.05) is 0 Å². The predicted octanol–water partition coefficient (Wildman–Crippen LogP) is 2.43. The average molecular weight is 237 g/mol. The highest BCUT2D eigenvalue weighted by molar-refractivity contribution is 5.12. The molecule has 0 bridgehead atoms. The van der Waals surface area contributed by atoms with Crippen molar-refractivity contribution in [1.29, 1.82) is 0 Å². The van der Waals surface area contributed by atoms with Crippen molar-refractivity contribution >= 4 is 0 Å². The monoisotopic (exact) mass is 237 g/mol. The van der Waals surface area contributed by atoms with Crippen LogP contribution in [0, 0.1) is 5.41 Å². The number of hydrogen-bond acceptors (Lipinski definition) is 4. The van der Waals surface area contributed by atoms with Crippen molar-refractivity contribution in [3.05, 3.63) is 11.7 Å². The van der Waals surface area contributed by atoms with E-state index in [4.69, 9.17) is 10.3 Å². The molecule has 2 unspecified atom stereocenters. The second-order valence-corrected chi connectivity index (χ2v) is 6.67. The lowest BCUT2D eigenvalue weighted by atomic mass is 9.85. The molecule has 4 heteroatoms. The molecule has 2 rings (SSSR count). The molecule has 0 spiro atoms. The quantitative estimate of drug-likeness (QED) is 0.858. The Labute approximate surface area is 103 Å². The number of nitrogens with zero attached hydrogens (tertiary/aromatic N) is 2. The fraction of sp³-hybridized carbons (Fsp3) is 0.846. The summed E-state index contributed by atoms with van der Waals surface area (Å²) in [6.45, 7) is 8.66. The molecule has 0 radical (unpaired) electrons. The van der Waals surface area contributed by atoms with Crippen LogP contribution in [0.4, 0.5) is 0 Å². The van der Waals surface area contributed by atoms with Gasteiger partial charge in [0.05, 0.1) is 5.41 Å². The predicted molar refractivity (Wildman–Crippen MR) is 66.6 cm³/mol. The summed E-state index contributed by atoms with van der Waals surface area (Å²) in [5.41, 5.74) is 6.21. The van der Waals surface area contributed by atoms with E-state index >= 15 is 0 Å². The first kappa shape index (κ1) is 12.6. The second kappa shape index (κ2) is 4.09. The summed E-state index contributed by atoms with van der Waals surface area (Å²) in [6, 6.07) is 0.144. The molecule has 1 heterocycles. The zero-order valence-electron chi connectivity index (χ0n) is 11.3. The average Bonchev–Trinajstić information content (AvgIpc) is 2.74. The first-order valence-electron chi connectivity index (χ1n) is 6.40. The van der Waals surface area contributed by atoms with Crippen molar-refractivity contribution in [3.8, 4) is 0 Å². The fourth-order valence-electron chi connectivity index (χ4n) is 2.49. The van der Waals surface area contributed by atoms with E-state index in [0.29, 0.717) is 0 Å². The first-order chi connectivity index (χ1) is 7.81. The van der Waals surface area contributed by atoms with Gasteiger partial charge in [0.2, 0.25) is 5.89 Å². The zero-order valence-corrected chi connectivity index (χ0v) is 11.3. The van der Waals surface area contributed by atoms with Crippen molar-refractivity contribution in [2.45, 2.75) is 64.8 Å². The van der Waals surface area contributed by atoms with Gasteiger partial charge in [-0.15, -0.1) is 0 Å². The van der Waals surface area contributed by atoms with Crippen molar-refractivity contribution in [3.63, 3.8) is 0 Å². The summed E-state index contributed by atoms with van der Waals surface area (Å²) >= 11 is 0. The molecule has 1 fully saturated rings. The van der Waals surface area contributed by atoms with Crippen molar-refractivity contribution < 1.29 is 4.52 Å². The Hall–Kier alpha value is -0.900. The normalized spacial score (nSPS) is 29.8. The molecule has 1 aliphatic rings.